The van der Waals surface area contributed by atoms with Crippen molar-refractivity contribution in [3.8, 4) is 0 Å². The van der Waals surface area contributed by atoms with Crippen LogP contribution in [0.25, 0.3) is 0 Å². The van der Waals surface area contributed by atoms with Crippen LogP contribution >= 0.6 is 15.9 Å². The van der Waals surface area contributed by atoms with Crippen LogP contribution in [0.15, 0.2) is 21.5 Å². The van der Waals surface area contributed by atoms with Crippen LogP contribution in [0.2, 0.25) is 0 Å². The quantitative estimate of drug-likeness (QED) is 0.826. The Balaban J connectivity index is 2.42. The second kappa shape index (κ2) is 5.40. The van der Waals surface area contributed by atoms with Crippen molar-refractivity contribution in [3.63, 3.8) is 0 Å². The number of nitrogen functional groups attached to an aromatic ring is 1. The molecule has 0 radical (unpaired) electrons. The second-order valence-electron chi connectivity index (χ2n) is 4.68. The molecule has 1 aliphatic heterocycles. The van der Waals surface area contributed by atoms with Gasteiger partial charge in [0.25, 0.3) is 0 Å². The van der Waals surface area contributed by atoms with Crippen LogP contribution in [-0.4, -0.2) is 38.5 Å². The van der Waals surface area contributed by atoms with E-state index < -0.39 is 10.0 Å². The standard InChI is InChI=1S/C12H17BrN2O3S/c1-8-5-10(13)11(14)6-12(8)19(16,17)15-3-4-18-9(2)7-15/h5-6,9H,3-4,7,14H2,1-2H3. The van der Waals surface area contributed by atoms with Crippen LogP contribution in [0.3, 0.4) is 0 Å². The zero-order chi connectivity index (χ0) is 14.2. The number of halogens is 1. The van der Waals surface area contributed by atoms with E-state index in [-0.39, 0.29) is 11.0 Å². The average molecular weight is 349 g/mol. The molecule has 1 aromatic rings. The Morgan fingerprint density at radius 1 is 1.47 bits per heavy atom. The molecule has 1 fully saturated rings. The van der Waals surface area contributed by atoms with Crippen LogP contribution in [0.5, 0.6) is 0 Å². The van der Waals surface area contributed by atoms with E-state index in [1.807, 2.05) is 6.92 Å². The van der Waals surface area contributed by atoms with Gasteiger partial charge in [0, 0.05) is 23.2 Å². The van der Waals surface area contributed by atoms with Crippen LogP contribution in [0, 0.1) is 6.92 Å². The molecule has 0 bridgehead atoms. The predicted molar refractivity (Wildman–Crippen MR) is 77.5 cm³/mol. The summed E-state index contributed by atoms with van der Waals surface area (Å²) in [5, 5.41) is 0. The van der Waals surface area contributed by atoms with Gasteiger partial charge >= 0.3 is 0 Å². The normalized spacial score (nSPS) is 21.5. The fraction of sp³-hybridized carbons (Fsp3) is 0.500. The molecule has 0 spiro atoms. The Hall–Kier alpha value is -0.630. The van der Waals surface area contributed by atoms with Crippen molar-refractivity contribution in [1.82, 2.24) is 4.31 Å². The van der Waals surface area contributed by atoms with Gasteiger partial charge in [-0.3, -0.25) is 0 Å². The van der Waals surface area contributed by atoms with Gasteiger partial charge in [-0.25, -0.2) is 8.42 Å². The number of ether oxygens (including phenoxy) is 1. The number of nitrogens with two attached hydrogens (primary N) is 1. The number of anilines is 1. The fourth-order valence-electron chi connectivity index (χ4n) is 2.09. The Labute approximate surface area is 121 Å². The van der Waals surface area contributed by atoms with Crippen LogP contribution < -0.4 is 5.73 Å². The molecule has 5 nitrogen and oxygen atoms in total. The lowest BCUT2D eigenvalue weighted by Crippen LogP contribution is -2.44. The first-order valence-electron chi connectivity index (χ1n) is 5.99. The zero-order valence-electron chi connectivity index (χ0n) is 10.9. The lowest BCUT2D eigenvalue weighted by Gasteiger charge is -2.30. The lowest BCUT2D eigenvalue weighted by atomic mass is 10.2. The number of aryl methyl sites for hydroxylation is 1. The molecule has 1 saturated heterocycles. The van der Waals surface area contributed by atoms with Crippen molar-refractivity contribution < 1.29 is 13.2 Å². The van der Waals surface area contributed by atoms with Gasteiger partial charge in [0.1, 0.15) is 0 Å². The smallest absolute Gasteiger partial charge is 0.243 e. The largest absolute Gasteiger partial charge is 0.398 e. The summed E-state index contributed by atoms with van der Waals surface area (Å²) in [6.07, 6.45) is -0.0865. The third-order valence-corrected chi connectivity index (χ3v) is 5.81. The maximum Gasteiger partial charge on any atom is 0.243 e. The molecule has 1 atom stereocenters. The maximum atomic E-state index is 12.6. The lowest BCUT2D eigenvalue weighted by molar-refractivity contribution is 0.0102. The number of hydrogen-bond acceptors (Lipinski definition) is 4. The topological polar surface area (TPSA) is 72.6 Å². The van der Waals surface area contributed by atoms with E-state index in [1.165, 1.54) is 10.4 Å². The van der Waals surface area contributed by atoms with Crippen molar-refractivity contribution in [2.24, 2.45) is 0 Å². The highest BCUT2D eigenvalue weighted by Crippen LogP contribution is 2.29. The maximum absolute atomic E-state index is 12.6. The number of sulfonamides is 1. The molecule has 1 heterocycles. The van der Waals surface area contributed by atoms with Crippen molar-refractivity contribution >= 4 is 31.6 Å². The molecule has 0 saturated carbocycles. The summed E-state index contributed by atoms with van der Waals surface area (Å²) in [6.45, 7) is 4.80. The van der Waals surface area contributed by atoms with Gasteiger partial charge in [-0.2, -0.15) is 4.31 Å². The average Bonchev–Trinajstić information content (AvgIpc) is 2.33. The molecular formula is C12H17BrN2O3S. The molecule has 1 aliphatic rings. The van der Waals surface area contributed by atoms with Gasteiger partial charge in [-0.1, -0.05) is 0 Å². The van der Waals surface area contributed by atoms with Crippen molar-refractivity contribution in [2.45, 2.75) is 24.8 Å². The summed E-state index contributed by atoms with van der Waals surface area (Å²) in [5.74, 6) is 0. The number of rotatable bonds is 2. The fourth-order valence-corrected chi connectivity index (χ4v) is 4.29. The molecule has 1 unspecified atom stereocenters. The highest BCUT2D eigenvalue weighted by atomic mass is 79.9. The zero-order valence-corrected chi connectivity index (χ0v) is 13.3. The summed E-state index contributed by atoms with van der Waals surface area (Å²) >= 11 is 3.30. The van der Waals surface area contributed by atoms with Crippen molar-refractivity contribution in [2.75, 3.05) is 25.4 Å². The van der Waals surface area contributed by atoms with Gasteiger partial charge < -0.3 is 10.5 Å². The van der Waals surface area contributed by atoms with E-state index in [1.54, 1.807) is 13.0 Å². The van der Waals surface area contributed by atoms with E-state index in [9.17, 15) is 8.42 Å². The van der Waals surface area contributed by atoms with E-state index in [0.717, 1.165) is 0 Å². The van der Waals surface area contributed by atoms with E-state index >= 15 is 0 Å². The van der Waals surface area contributed by atoms with Gasteiger partial charge in [-0.15, -0.1) is 0 Å². The summed E-state index contributed by atoms with van der Waals surface area (Å²) in [7, 11) is -3.51. The molecule has 0 aromatic heterocycles. The Morgan fingerprint density at radius 2 is 2.16 bits per heavy atom. The number of hydrogen-bond donors (Lipinski definition) is 1. The molecule has 2 N–H and O–H groups in total. The highest BCUT2D eigenvalue weighted by molar-refractivity contribution is 9.10. The van der Waals surface area contributed by atoms with Gasteiger partial charge in [0.15, 0.2) is 0 Å². The minimum absolute atomic E-state index is 0.0865. The van der Waals surface area contributed by atoms with Gasteiger partial charge in [0.2, 0.25) is 10.0 Å². The minimum Gasteiger partial charge on any atom is -0.398 e. The summed E-state index contributed by atoms with van der Waals surface area (Å²) in [6, 6.07) is 3.24. The molecular weight excluding hydrogens is 332 g/mol. The Bertz CT molecular complexity index is 589. The molecule has 106 valence electrons. The Morgan fingerprint density at radius 3 is 2.79 bits per heavy atom. The first-order chi connectivity index (χ1) is 8.82. The van der Waals surface area contributed by atoms with Crippen molar-refractivity contribution in [1.29, 1.82) is 0 Å². The first kappa shape index (κ1) is 14.8. The molecule has 2 rings (SSSR count). The van der Waals surface area contributed by atoms with E-state index in [0.29, 0.717) is 35.4 Å². The number of morpholine rings is 1. The van der Waals surface area contributed by atoms with E-state index in [2.05, 4.69) is 15.9 Å². The van der Waals surface area contributed by atoms with Crippen LogP contribution in [0.4, 0.5) is 5.69 Å². The third-order valence-electron chi connectivity index (χ3n) is 3.12. The third kappa shape index (κ3) is 2.94. The number of nitrogens with zero attached hydrogens (tertiary/aromatic N) is 1. The summed E-state index contributed by atoms with van der Waals surface area (Å²) in [4.78, 5) is 0.266. The summed E-state index contributed by atoms with van der Waals surface area (Å²) < 4.78 is 32.8. The summed E-state index contributed by atoms with van der Waals surface area (Å²) in [5.41, 5.74) is 6.89. The van der Waals surface area contributed by atoms with E-state index in [4.69, 9.17) is 10.5 Å². The molecule has 1 aromatic carbocycles. The molecule has 19 heavy (non-hydrogen) atoms. The Kier molecular flexibility index (Phi) is 4.20. The monoisotopic (exact) mass is 348 g/mol. The second-order valence-corrected chi connectivity index (χ2v) is 7.44. The van der Waals surface area contributed by atoms with Gasteiger partial charge in [0.05, 0.1) is 17.6 Å². The molecule has 0 aliphatic carbocycles. The molecule has 7 heteroatoms. The van der Waals surface area contributed by atoms with Crippen LogP contribution in [0.1, 0.15) is 12.5 Å². The highest BCUT2D eigenvalue weighted by Gasteiger charge is 2.30. The first-order valence-corrected chi connectivity index (χ1v) is 8.23. The minimum atomic E-state index is -3.51. The number of benzene rings is 1. The molecule has 0 amide bonds. The van der Waals surface area contributed by atoms with Gasteiger partial charge in [-0.05, 0) is 47.5 Å². The SMILES string of the molecule is Cc1cc(Br)c(N)cc1S(=O)(=O)N1CCOC(C)C1. The van der Waals surface area contributed by atoms with Crippen molar-refractivity contribution in [3.05, 3.63) is 22.2 Å². The predicted octanol–water partition coefficient (Wildman–Crippen LogP) is 1.75. The van der Waals surface area contributed by atoms with Crippen LogP contribution in [-0.2, 0) is 14.8 Å².